The zero-order chi connectivity index (χ0) is 19.9. The number of benzene rings is 2. The fraction of sp³-hybridized carbons (Fsp3) is 0.222. The molecule has 8 nitrogen and oxygen atoms in total. The van der Waals surface area contributed by atoms with Crippen LogP contribution < -0.4 is 15.8 Å². The number of primary sulfonamides is 1. The van der Waals surface area contributed by atoms with Crippen molar-refractivity contribution in [2.75, 3.05) is 25.5 Å². The highest BCUT2D eigenvalue weighted by Gasteiger charge is 2.08. The molecule has 2 aromatic carbocycles. The Balaban J connectivity index is 1.77. The van der Waals surface area contributed by atoms with E-state index in [1.54, 1.807) is 36.4 Å². The second-order valence-electron chi connectivity index (χ2n) is 5.71. The number of carbonyl (C=O) groups excluding carboxylic acids is 2. The van der Waals surface area contributed by atoms with Crippen molar-refractivity contribution in [2.24, 2.45) is 5.14 Å². The van der Waals surface area contributed by atoms with E-state index in [2.05, 4.69) is 15.4 Å². The minimum Gasteiger partial charge on any atom is -0.465 e. The average Bonchev–Trinajstić information content (AvgIpc) is 2.65. The number of methoxy groups -OCH3 is 1. The molecule has 0 saturated heterocycles. The number of carbonyl (C=O) groups is 2. The van der Waals surface area contributed by atoms with Gasteiger partial charge in [0, 0.05) is 12.2 Å². The smallest absolute Gasteiger partial charge is 0.337 e. The first kappa shape index (κ1) is 20.4. The zero-order valence-corrected chi connectivity index (χ0v) is 15.6. The summed E-state index contributed by atoms with van der Waals surface area (Å²) in [6.45, 7) is 0.451. The topological polar surface area (TPSA) is 128 Å². The van der Waals surface area contributed by atoms with Gasteiger partial charge in [0.15, 0.2) is 0 Å². The standard InChI is InChI=1S/C18H21N3O5S/c1-26-18(23)14-3-2-4-15(11-14)21-12-17(22)20-10-9-13-5-7-16(8-6-13)27(19,24)25/h2-8,11,21H,9-10,12H2,1H3,(H,20,22)(H2,19,24,25). The van der Waals surface area contributed by atoms with Gasteiger partial charge in [-0.05, 0) is 42.3 Å². The molecular formula is C18H21N3O5S. The maximum absolute atomic E-state index is 11.9. The van der Waals surface area contributed by atoms with Crippen molar-refractivity contribution < 1.29 is 22.7 Å². The van der Waals surface area contributed by atoms with Crippen molar-refractivity contribution in [1.82, 2.24) is 5.32 Å². The number of rotatable bonds is 8. The van der Waals surface area contributed by atoms with Crippen LogP contribution in [0.1, 0.15) is 15.9 Å². The molecule has 4 N–H and O–H groups in total. The molecule has 0 aliphatic rings. The molecule has 9 heteroatoms. The second-order valence-corrected chi connectivity index (χ2v) is 7.28. The first-order valence-corrected chi connectivity index (χ1v) is 9.65. The fourth-order valence-corrected chi connectivity index (χ4v) is 2.83. The van der Waals surface area contributed by atoms with Crippen LogP contribution in [0.25, 0.3) is 0 Å². The molecule has 0 spiro atoms. The van der Waals surface area contributed by atoms with Crippen molar-refractivity contribution in [3.63, 3.8) is 0 Å². The van der Waals surface area contributed by atoms with Crippen LogP contribution in [0.15, 0.2) is 53.4 Å². The maximum atomic E-state index is 11.9. The van der Waals surface area contributed by atoms with Gasteiger partial charge in [0.25, 0.3) is 0 Å². The lowest BCUT2D eigenvalue weighted by Gasteiger charge is -2.09. The van der Waals surface area contributed by atoms with Crippen LogP contribution in [-0.2, 0) is 26.0 Å². The fourth-order valence-electron chi connectivity index (χ4n) is 2.31. The minimum absolute atomic E-state index is 0.0497. The van der Waals surface area contributed by atoms with Gasteiger partial charge in [-0.15, -0.1) is 0 Å². The Labute approximate surface area is 157 Å². The Morgan fingerprint density at radius 2 is 1.81 bits per heavy atom. The summed E-state index contributed by atoms with van der Waals surface area (Å²) in [4.78, 5) is 23.4. The van der Waals surface area contributed by atoms with E-state index in [1.807, 2.05) is 0 Å². The second kappa shape index (κ2) is 9.15. The van der Waals surface area contributed by atoms with E-state index in [1.165, 1.54) is 19.2 Å². The minimum atomic E-state index is -3.70. The van der Waals surface area contributed by atoms with Gasteiger partial charge in [0.2, 0.25) is 15.9 Å². The molecule has 0 atom stereocenters. The lowest BCUT2D eigenvalue weighted by Crippen LogP contribution is -2.31. The van der Waals surface area contributed by atoms with Gasteiger partial charge in [-0.1, -0.05) is 18.2 Å². The van der Waals surface area contributed by atoms with Crippen LogP contribution in [0, 0.1) is 0 Å². The molecular weight excluding hydrogens is 370 g/mol. The largest absolute Gasteiger partial charge is 0.465 e. The third-order valence-corrected chi connectivity index (χ3v) is 4.65. The molecule has 0 aliphatic carbocycles. The molecule has 2 rings (SSSR count). The van der Waals surface area contributed by atoms with Gasteiger partial charge in [-0.3, -0.25) is 4.79 Å². The Morgan fingerprint density at radius 3 is 2.44 bits per heavy atom. The lowest BCUT2D eigenvalue weighted by atomic mass is 10.1. The highest BCUT2D eigenvalue weighted by Crippen LogP contribution is 2.11. The molecule has 144 valence electrons. The van der Waals surface area contributed by atoms with Crippen LogP contribution >= 0.6 is 0 Å². The van der Waals surface area contributed by atoms with Crippen molar-refractivity contribution in [3.8, 4) is 0 Å². The van der Waals surface area contributed by atoms with Gasteiger partial charge >= 0.3 is 5.97 Å². The van der Waals surface area contributed by atoms with E-state index in [-0.39, 0.29) is 17.3 Å². The number of anilines is 1. The van der Waals surface area contributed by atoms with E-state index < -0.39 is 16.0 Å². The Bertz CT molecular complexity index is 911. The maximum Gasteiger partial charge on any atom is 0.337 e. The lowest BCUT2D eigenvalue weighted by molar-refractivity contribution is -0.119. The number of ether oxygens (including phenoxy) is 1. The number of hydrogen-bond donors (Lipinski definition) is 3. The van der Waals surface area contributed by atoms with E-state index in [9.17, 15) is 18.0 Å². The number of esters is 1. The predicted octanol–water partition coefficient (Wildman–Crippen LogP) is 0.891. The quantitative estimate of drug-likeness (QED) is 0.574. The molecule has 0 fully saturated rings. The molecule has 0 aromatic heterocycles. The molecule has 0 radical (unpaired) electrons. The van der Waals surface area contributed by atoms with Gasteiger partial charge in [0.05, 0.1) is 24.1 Å². The SMILES string of the molecule is COC(=O)c1cccc(NCC(=O)NCCc2ccc(S(N)(=O)=O)cc2)c1. The summed E-state index contributed by atoms with van der Waals surface area (Å²) in [5.41, 5.74) is 1.90. The summed E-state index contributed by atoms with van der Waals surface area (Å²) < 4.78 is 27.1. The Hall–Kier alpha value is -2.91. The molecule has 0 heterocycles. The highest BCUT2D eigenvalue weighted by atomic mass is 32.2. The summed E-state index contributed by atoms with van der Waals surface area (Å²) in [6, 6.07) is 12.8. The third kappa shape index (κ3) is 6.39. The Kier molecular flexibility index (Phi) is 6.91. The molecule has 2 aromatic rings. The van der Waals surface area contributed by atoms with Crippen molar-refractivity contribution in [3.05, 3.63) is 59.7 Å². The van der Waals surface area contributed by atoms with Gasteiger partial charge in [-0.25, -0.2) is 18.4 Å². The monoisotopic (exact) mass is 391 g/mol. The number of amides is 1. The molecule has 27 heavy (non-hydrogen) atoms. The van der Waals surface area contributed by atoms with Gasteiger partial charge in [0.1, 0.15) is 0 Å². The number of nitrogens with two attached hydrogens (primary N) is 1. The summed E-state index contributed by atoms with van der Waals surface area (Å²) in [5, 5.41) is 10.7. The predicted molar refractivity (Wildman–Crippen MR) is 101 cm³/mol. The third-order valence-electron chi connectivity index (χ3n) is 3.72. The van der Waals surface area contributed by atoms with Crippen LogP contribution in [0.2, 0.25) is 0 Å². The van der Waals surface area contributed by atoms with Crippen LogP contribution in [0.5, 0.6) is 0 Å². The van der Waals surface area contributed by atoms with Crippen LogP contribution in [0.3, 0.4) is 0 Å². The van der Waals surface area contributed by atoms with Gasteiger partial charge in [-0.2, -0.15) is 0 Å². The first-order valence-electron chi connectivity index (χ1n) is 8.10. The summed E-state index contributed by atoms with van der Waals surface area (Å²) >= 11 is 0. The average molecular weight is 391 g/mol. The van der Waals surface area contributed by atoms with Crippen LogP contribution in [-0.4, -0.2) is 40.5 Å². The van der Waals surface area contributed by atoms with E-state index in [0.29, 0.717) is 24.2 Å². The van der Waals surface area contributed by atoms with Crippen LogP contribution in [0.4, 0.5) is 5.69 Å². The molecule has 1 amide bonds. The van der Waals surface area contributed by atoms with Crippen molar-refractivity contribution in [1.29, 1.82) is 0 Å². The summed E-state index contributed by atoms with van der Waals surface area (Å²) in [5.74, 6) is -0.656. The number of nitrogens with one attached hydrogen (secondary N) is 2. The van der Waals surface area contributed by atoms with E-state index >= 15 is 0 Å². The molecule has 0 bridgehead atoms. The van der Waals surface area contributed by atoms with Crippen molar-refractivity contribution >= 4 is 27.6 Å². The Morgan fingerprint density at radius 1 is 1.11 bits per heavy atom. The molecule has 0 unspecified atom stereocenters. The summed E-state index contributed by atoms with van der Waals surface area (Å²) in [7, 11) is -2.40. The molecule has 0 aliphatic heterocycles. The number of sulfonamides is 1. The van der Waals surface area contributed by atoms with E-state index in [4.69, 9.17) is 5.14 Å². The van der Waals surface area contributed by atoms with E-state index in [0.717, 1.165) is 5.56 Å². The normalized spacial score (nSPS) is 10.9. The zero-order valence-electron chi connectivity index (χ0n) is 14.8. The first-order chi connectivity index (χ1) is 12.8. The van der Waals surface area contributed by atoms with Gasteiger partial charge < -0.3 is 15.4 Å². The van der Waals surface area contributed by atoms with Crippen molar-refractivity contribution in [2.45, 2.75) is 11.3 Å². The highest BCUT2D eigenvalue weighted by molar-refractivity contribution is 7.89. The summed E-state index contributed by atoms with van der Waals surface area (Å²) in [6.07, 6.45) is 0.550. The number of hydrogen-bond acceptors (Lipinski definition) is 6. The molecule has 0 saturated carbocycles.